The number of benzene rings is 1. The SMILES string of the molecule is NCC1(CC(=O)Nc2ccc(SCc3cccnc3)cc2)CCCCC1. The minimum Gasteiger partial charge on any atom is -0.330 e. The van der Waals surface area contributed by atoms with E-state index in [2.05, 4.69) is 28.5 Å². The number of rotatable bonds is 7. The summed E-state index contributed by atoms with van der Waals surface area (Å²) in [6.07, 6.45) is 9.98. The average Bonchev–Trinajstić information content (AvgIpc) is 2.69. The first-order valence-corrected chi connectivity index (χ1v) is 10.3. The van der Waals surface area contributed by atoms with Crippen LogP contribution in [-0.2, 0) is 10.5 Å². The molecule has 1 aliphatic carbocycles. The zero-order chi connectivity index (χ0) is 18.2. The maximum Gasteiger partial charge on any atom is 0.224 e. The second-order valence-corrected chi connectivity index (χ2v) is 8.21. The van der Waals surface area contributed by atoms with Crippen LogP contribution >= 0.6 is 11.8 Å². The van der Waals surface area contributed by atoms with Crippen LogP contribution in [0.2, 0.25) is 0 Å². The molecule has 1 aromatic heterocycles. The molecule has 4 nitrogen and oxygen atoms in total. The molecule has 0 atom stereocenters. The van der Waals surface area contributed by atoms with Crippen LogP contribution in [0.25, 0.3) is 0 Å². The second kappa shape index (κ2) is 9.19. The quantitative estimate of drug-likeness (QED) is 0.699. The van der Waals surface area contributed by atoms with Crippen molar-refractivity contribution in [1.29, 1.82) is 0 Å². The van der Waals surface area contributed by atoms with Crippen molar-refractivity contribution in [2.45, 2.75) is 49.2 Å². The summed E-state index contributed by atoms with van der Waals surface area (Å²) < 4.78 is 0. The summed E-state index contributed by atoms with van der Waals surface area (Å²) >= 11 is 1.76. The number of thioether (sulfide) groups is 1. The van der Waals surface area contributed by atoms with Gasteiger partial charge in [-0.15, -0.1) is 11.8 Å². The van der Waals surface area contributed by atoms with E-state index in [0.29, 0.717) is 13.0 Å². The summed E-state index contributed by atoms with van der Waals surface area (Å²) in [6.45, 7) is 0.602. The zero-order valence-corrected chi connectivity index (χ0v) is 15.9. The molecule has 1 fully saturated rings. The molecule has 3 N–H and O–H groups in total. The summed E-state index contributed by atoms with van der Waals surface area (Å²) in [5.41, 5.74) is 8.05. The Balaban J connectivity index is 1.51. The third-order valence-electron chi connectivity index (χ3n) is 5.15. The summed E-state index contributed by atoms with van der Waals surface area (Å²) in [5.74, 6) is 0.964. The van der Waals surface area contributed by atoms with Crippen LogP contribution in [0.1, 0.15) is 44.1 Å². The lowest BCUT2D eigenvalue weighted by Gasteiger charge is -2.35. The van der Waals surface area contributed by atoms with Gasteiger partial charge < -0.3 is 11.1 Å². The van der Waals surface area contributed by atoms with Gasteiger partial charge in [0.1, 0.15) is 0 Å². The molecular weight excluding hydrogens is 342 g/mol. The van der Waals surface area contributed by atoms with Crippen LogP contribution < -0.4 is 11.1 Å². The van der Waals surface area contributed by atoms with Gasteiger partial charge in [0.2, 0.25) is 5.91 Å². The lowest BCUT2D eigenvalue weighted by Crippen LogP contribution is -2.36. The highest BCUT2D eigenvalue weighted by Gasteiger charge is 2.32. The lowest BCUT2D eigenvalue weighted by molar-refractivity contribution is -0.118. The first-order chi connectivity index (χ1) is 12.7. The molecule has 1 amide bonds. The molecule has 1 aromatic carbocycles. The molecule has 0 aliphatic heterocycles. The van der Waals surface area contributed by atoms with Gasteiger partial charge in [-0.25, -0.2) is 0 Å². The van der Waals surface area contributed by atoms with Crippen LogP contribution in [0.4, 0.5) is 5.69 Å². The van der Waals surface area contributed by atoms with Crippen LogP contribution in [-0.4, -0.2) is 17.4 Å². The predicted octanol–water partition coefficient (Wildman–Crippen LogP) is 4.61. The van der Waals surface area contributed by atoms with E-state index in [1.54, 1.807) is 18.0 Å². The zero-order valence-electron chi connectivity index (χ0n) is 15.1. The van der Waals surface area contributed by atoms with Crippen molar-refractivity contribution in [2.24, 2.45) is 11.1 Å². The van der Waals surface area contributed by atoms with Gasteiger partial charge in [-0.2, -0.15) is 0 Å². The normalized spacial score (nSPS) is 16.2. The Morgan fingerprint density at radius 1 is 1.15 bits per heavy atom. The van der Waals surface area contributed by atoms with E-state index < -0.39 is 0 Å². The summed E-state index contributed by atoms with van der Waals surface area (Å²) in [5, 5.41) is 3.04. The van der Waals surface area contributed by atoms with Gasteiger partial charge in [-0.1, -0.05) is 25.3 Å². The van der Waals surface area contributed by atoms with Gasteiger partial charge in [-0.05, 0) is 60.7 Å². The van der Waals surface area contributed by atoms with Gasteiger partial charge >= 0.3 is 0 Å². The van der Waals surface area contributed by atoms with Crippen molar-refractivity contribution in [2.75, 3.05) is 11.9 Å². The highest BCUT2D eigenvalue weighted by molar-refractivity contribution is 7.98. The van der Waals surface area contributed by atoms with Crippen molar-refractivity contribution in [1.82, 2.24) is 4.98 Å². The number of nitrogens with one attached hydrogen (secondary N) is 1. The first-order valence-electron chi connectivity index (χ1n) is 9.31. The largest absolute Gasteiger partial charge is 0.330 e. The maximum absolute atomic E-state index is 12.5. The van der Waals surface area contributed by atoms with Crippen LogP contribution in [0.3, 0.4) is 0 Å². The van der Waals surface area contributed by atoms with E-state index in [4.69, 9.17) is 5.73 Å². The molecule has 0 radical (unpaired) electrons. The Morgan fingerprint density at radius 2 is 1.92 bits per heavy atom. The number of amides is 1. The van der Waals surface area contributed by atoms with Crippen molar-refractivity contribution >= 4 is 23.4 Å². The Hall–Kier alpha value is -1.85. The second-order valence-electron chi connectivity index (χ2n) is 7.16. The van der Waals surface area contributed by atoms with Crippen LogP contribution in [0.5, 0.6) is 0 Å². The predicted molar refractivity (Wildman–Crippen MR) is 108 cm³/mol. The van der Waals surface area contributed by atoms with Gasteiger partial charge in [0.05, 0.1) is 0 Å². The van der Waals surface area contributed by atoms with Crippen molar-refractivity contribution in [3.8, 4) is 0 Å². The smallest absolute Gasteiger partial charge is 0.224 e. The molecule has 2 aromatic rings. The van der Waals surface area contributed by atoms with Gasteiger partial charge in [0.25, 0.3) is 0 Å². The third-order valence-corrected chi connectivity index (χ3v) is 6.23. The number of hydrogen-bond acceptors (Lipinski definition) is 4. The highest BCUT2D eigenvalue weighted by atomic mass is 32.2. The molecule has 1 aliphatic rings. The van der Waals surface area contributed by atoms with E-state index in [9.17, 15) is 4.79 Å². The maximum atomic E-state index is 12.5. The molecular formula is C21H27N3OS. The molecule has 0 spiro atoms. The van der Waals surface area contributed by atoms with Crippen molar-refractivity contribution in [3.63, 3.8) is 0 Å². The molecule has 1 heterocycles. The number of aromatic nitrogens is 1. The lowest BCUT2D eigenvalue weighted by atomic mass is 9.71. The standard InChI is InChI=1S/C21H27N3OS/c22-16-21(10-2-1-3-11-21)13-20(25)24-18-6-8-19(9-7-18)26-15-17-5-4-12-23-14-17/h4-9,12,14H,1-3,10-11,13,15-16,22H2,(H,24,25). The molecule has 5 heteroatoms. The Bertz CT molecular complexity index is 697. The van der Waals surface area contributed by atoms with Crippen molar-refractivity contribution < 1.29 is 4.79 Å². The van der Waals surface area contributed by atoms with Gasteiger partial charge in [0, 0.05) is 35.2 Å². The van der Waals surface area contributed by atoms with E-state index in [1.165, 1.54) is 29.7 Å². The molecule has 0 unspecified atom stereocenters. The minimum absolute atomic E-state index is 0.00183. The number of nitrogens with zero attached hydrogens (tertiary/aromatic N) is 1. The molecule has 26 heavy (non-hydrogen) atoms. The number of pyridine rings is 1. The number of anilines is 1. The van der Waals surface area contributed by atoms with Crippen molar-refractivity contribution in [3.05, 3.63) is 54.4 Å². The fourth-order valence-corrected chi connectivity index (χ4v) is 4.42. The third kappa shape index (κ3) is 5.32. The topological polar surface area (TPSA) is 68.0 Å². The Labute approximate surface area is 160 Å². The molecule has 138 valence electrons. The van der Waals surface area contributed by atoms with E-state index in [1.807, 2.05) is 24.4 Å². The van der Waals surface area contributed by atoms with Crippen LogP contribution in [0.15, 0.2) is 53.7 Å². The number of hydrogen-bond donors (Lipinski definition) is 2. The number of nitrogens with two attached hydrogens (primary N) is 1. The van der Waals surface area contributed by atoms with Gasteiger partial charge in [0.15, 0.2) is 0 Å². The Morgan fingerprint density at radius 3 is 2.58 bits per heavy atom. The fraction of sp³-hybridized carbons (Fsp3) is 0.429. The van der Waals surface area contributed by atoms with Gasteiger partial charge in [-0.3, -0.25) is 9.78 Å². The average molecular weight is 370 g/mol. The monoisotopic (exact) mass is 369 g/mol. The van der Waals surface area contributed by atoms with Crippen LogP contribution in [0, 0.1) is 5.41 Å². The summed E-state index contributed by atoms with van der Waals surface area (Å²) in [4.78, 5) is 17.8. The first kappa shape index (κ1) is 18.9. The number of carbonyl (C=O) groups excluding carboxylic acids is 1. The fourth-order valence-electron chi connectivity index (χ4n) is 3.59. The molecule has 0 saturated heterocycles. The Kier molecular flexibility index (Phi) is 6.69. The molecule has 0 bridgehead atoms. The summed E-state index contributed by atoms with van der Waals surface area (Å²) in [7, 11) is 0. The molecule has 1 saturated carbocycles. The molecule has 3 rings (SSSR count). The summed E-state index contributed by atoms with van der Waals surface area (Å²) in [6, 6.07) is 12.1. The minimum atomic E-state index is 0.00183. The van der Waals surface area contributed by atoms with E-state index in [0.717, 1.165) is 24.3 Å². The van der Waals surface area contributed by atoms with E-state index in [-0.39, 0.29) is 11.3 Å². The number of carbonyl (C=O) groups is 1. The highest BCUT2D eigenvalue weighted by Crippen LogP contribution is 2.38. The van der Waals surface area contributed by atoms with E-state index >= 15 is 0 Å².